The number of aliphatic hydroxyl groups is 1. The van der Waals surface area contributed by atoms with Crippen LogP contribution in [0.2, 0.25) is 0 Å². The first-order valence-corrected chi connectivity index (χ1v) is 13.3. The molecule has 2 aromatic rings. The SMILES string of the molecule is O=C(C=Cc1ccccc1C(=O)OC1CC(C(=O)NCCO)=CC2OC3(Cc4ccccc4C3)OC21)OCC(F)(F)F. The number of ether oxygens (including phenoxy) is 4. The Hall–Kier alpha value is -4.00. The topological polar surface area (TPSA) is 120 Å². The summed E-state index contributed by atoms with van der Waals surface area (Å²) in [7, 11) is 0. The van der Waals surface area contributed by atoms with Gasteiger partial charge in [-0.1, -0.05) is 42.5 Å². The van der Waals surface area contributed by atoms with Crippen LogP contribution in [0.5, 0.6) is 0 Å². The highest BCUT2D eigenvalue weighted by Crippen LogP contribution is 2.45. The van der Waals surface area contributed by atoms with Gasteiger partial charge in [-0.2, -0.15) is 13.2 Å². The van der Waals surface area contributed by atoms with Crippen molar-refractivity contribution in [3.8, 4) is 0 Å². The van der Waals surface area contributed by atoms with Gasteiger partial charge in [-0.15, -0.1) is 0 Å². The Morgan fingerprint density at radius 2 is 1.74 bits per heavy atom. The molecular weight excluding hydrogens is 559 g/mol. The maximum atomic E-state index is 13.4. The van der Waals surface area contributed by atoms with Crippen LogP contribution in [0, 0.1) is 0 Å². The number of benzene rings is 2. The maximum absolute atomic E-state index is 13.4. The van der Waals surface area contributed by atoms with Crippen molar-refractivity contribution < 1.29 is 51.6 Å². The van der Waals surface area contributed by atoms with Gasteiger partial charge >= 0.3 is 18.1 Å². The predicted molar refractivity (Wildman–Crippen MR) is 141 cm³/mol. The molecule has 1 aliphatic heterocycles. The summed E-state index contributed by atoms with van der Waals surface area (Å²) in [5.74, 6) is -3.45. The van der Waals surface area contributed by atoms with Crippen molar-refractivity contribution in [3.63, 3.8) is 0 Å². The second-order valence-electron chi connectivity index (χ2n) is 10.2. The smallest absolute Gasteiger partial charge is 0.422 e. The highest BCUT2D eigenvalue weighted by molar-refractivity contribution is 5.96. The summed E-state index contributed by atoms with van der Waals surface area (Å²) in [5, 5.41) is 11.7. The Balaban J connectivity index is 1.35. The van der Waals surface area contributed by atoms with Crippen molar-refractivity contribution in [2.45, 2.75) is 49.5 Å². The number of rotatable bonds is 8. The fraction of sp³-hybridized carbons (Fsp3) is 0.367. The average molecular weight is 588 g/mol. The molecule has 1 spiro atoms. The quantitative estimate of drug-likeness (QED) is 0.357. The maximum Gasteiger partial charge on any atom is 0.422 e. The van der Waals surface area contributed by atoms with Crippen molar-refractivity contribution in [1.82, 2.24) is 5.32 Å². The predicted octanol–water partition coefficient (Wildman–Crippen LogP) is 3.05. The highest BCUT2D eigenvalue weighted by atomic mass is 19.4. The van der Waals surface area contributed by atoms with E-state index in [9.17, 15) is 27.6 Å². The first-order valence-electron chi connectivity index (χ1n) is 13.3. The van der Waals surface area contributed by atoms with Crippen molar-refractivity contribution in [2.24, 2.45) is 0 Å². The number of aliphatic hydroxyl groups excluding tert-OH is 1. The van der Waals surface area contributed by atoms with Gasteiger partial charge < -0.3 is 29.4 Å². The molecule has 2 aromatic carbocycles. The number of hydrogen-bond acceptors (Lipinski definition) is 8. The van der Waals surface area contributed by atoms with Gasteiger partial charge in [-0.05, 0) is 34.9 Å². The number of halogens is 3. The van der Waals surface area contributed by atoms with Gasteiger partial charge in [0.15, 0.2) is 12.4 Å². The largest absolute Gasteiger partial charge is 0.456 e. The molecule has 1 saturated heterocycles. The lowest BCUT2D eigenvalue weighted by Gasteiger charge is -2.30. The molecule has 3 atom stereocenters. The van der Waals surface area contributed by atoms with E-state index in [1.807, 2.05) is 24.3 Å². The molecule has 5 rings (SSSR count). The Kier molecular flexibility index (Phi) is 8.48. The van der Waals surface area contributed by atoms with Crippen LogP contribution in [0.1, 0.15) is 33.5 Å². The molecular formula is C30H28F3NO8. The van der Waals surface area contributed by atoms with Crippen LogP contribution in [-0.2, 0) is 41.4 Å². The van der Waals surface area contributed by atoms with Crippen molar-refractivity contribution in [3.05, 3.63) is 88.5 Å². The van der Waals surface area contributed by atoms with Gasteiger partial charge in [0.1, 0.15) is 18.3 Å². The molecule has 1 amide bonds. The summed E-state index contributed by atoms with van der Waals surface area (Å²) in [6, 6.07) is 13.9. The number of hydrogen-bond donors (Lipinski definition) is 2. The Morgan fingerprint density at radius 1 is 1.05 bits per heavy atom. The molecule has 3 unspecified atom stereocenters. The molecule has 9 nitrogen and oxygen atoms in total. The van der Waals surface area contributed by atoms with Gasteiger partial charge in [0, 0.05) is 37.5 Å². The molecule has 1 fully saturated rings. The first-order chi connectivity index (χ1) is 20.1. The van der Waals surface area contributed by atoms with Crippen LogP contribution in [0.4, 0.5) is 13.2 Å². The number of fused-ring (bicyclic) bond motifs is 2. The molecule has 0 saturated carbocycles. The molecule has 1 heterocycles. The molecule has 222 valence electrons. The van der Waals surface area contributed by atoms with E-state index in [1.54, 1.807) is 18.2 Å². The van der Waals surface area contributed by atoms with E-state index in [2.05, 4.69) is 10.1 Å². The van der Waals surface area contributed by atoms with Gasteiger partial charge in [-0.3, -0.25) is 4.79 Å². The van der Waals surface area contributed by atoms with Crippen molar-refractivity contribution in [1.29, 1.82) is 0 Å². The highest BCUT2D eigenvalue weighted by Gasteiger charge is 2.55. The molecule has 2 N–H and O–H groups in total. The molecule has 12 heteroatoms. The summed E-state index contributed by atoms with van der Waals surface area (Å²) < 4.78 is 59.9. The van der Waals surface area contributed by atoms with Crippen LogP contribution in [0.15, 0.2) is 66.3 Å². The minimum Gasteiger partial charge on any atom is -0.456 e. The van der Waals surface area contributed by atoms with E-state index in [0.717, 1.165) is 23.3 Å². The molecule has 0 bridgehead atoms. The van der Waals surface area contributed by atoms with Crippen LogP contribution >= 0.6 is 0 Å². The number of alkyl halides is 3. The van der Waals surface area contributed by atoms with Crippen LogP contribution < -0.4 is 5.32 Å². The zero-order valence-corrected chi connectivity index (χ0v) is 22.3. The van der Waals surface area contributed by atoms with Crippen LogP contribution in [0.3, 0.4) is 0 Å². The molecule has 42 heavy (non-hydrogen) atoms. The summed E-state index contributed by atoms with van der Waals surface area (Å²) >= 11 is 0. The zero-order valence-electron chi connectivity index (χ0n) is 22.3. The van der Waals surface area contributed by atoms with E-state index in [-0.39, 0.29) is 30.7 Å². The number of carbonyl (C=O) groups excluding carboxylic acids is 3. The van der Waals surface area contributed by atoms with E-state index in [1.165, 1.54) is 12.1 Å². The number of carbonyl (C=O) groups is 3. The number of esters is 2. The summed E-state index contributed by atoms with van der Waals surface area (Å²) in [6.45, 7) is -1.95. The third-order valence-electron chi connectivity index (χ3n) is 7.12. The van der Waals surface area contributed by atoms with Crippen LogP contribution in [0.25, 0.3) is 6.08 Å². The van der Waals surface area contributed by atoms with Crippen molar-refractivity contribution in [2.75, 3.05) is 19.8 Å². The van der Waals surface area contributed by atoms with Crippen molar-refractivity contribution >= 4 is 23.9 Å². The Bertz CT molecular complexity index is 1390. The molecule has 0 aromatic heterocycles. The third-order valence-corrected chi connectivity index (χ3v) is 7.12. The Labute approximate surface area is 238 Å². The minimum atomic E-state index is -4.67. The second-order valence-corrected chi connectivity index (χ2v) is 10.2. The third kappa shape index (κ3) is 6.72. The second kappa shape index (κ2) is 12.1. The lowest BCUT2D eigenvalue weighted by Crippen LogP contribution is -2.44. The van der Waals surface area contributed by atoms with E-state index >= 15 is 0 Å². The van der Waals surface area contributed by atoms with Crippen LogP contribution in [-0.4, -0.2) is 73.0 Å². The summed E-state index contributed by atoms with van der Waals surface area (Å²) in [4.78, 5) is 37.9. The minimum absolute atomic E-state index is 0.0122. The standard InChI is InChI=1S/C30H28F3NO8/c31-30(32,33)17-39-25(36)10-9-18-5-3-4-8-22(18)28(38)40-23-13-21(27(37)34-11-12-35)14-24-26(23)42-29(41-24)15-19-6-1-2-7-20(19)16-29/h1-10,14,23-24,26,35H,11-13,15-17H2,(H,34,37). The normalized spacial score (nSPS) is 22.4. The lowest BCUT2D eigenvalue weighted by atomic mass is 9.91. The lowest BCUT2D eigenvalue weighted by molar-refractivity contribution is -0.182. The zero-order chi connectivity index (χ0) is 29.9. The fourth-order valence-corrected chi connectivity index (χ4v) is 5.33. The number of nitrogens with one attached hydrogen (secondary N) is 1. The van der Waals surface area contributed by atoms with Gasteiger partial charge in [0.2, 0.25) is 5.91 Å². The van der Waals surface area contributed by atoms with E-state index < -0.39 is 54.7 Å². The van der Waals surface area contributed by atoms with E-state index in [4.69, 9.17) is 19.3 Å². The molecule has 0 radical (unpaired) electrons. The summed E-state index contributed by atoms with van der Waals surface area (Å²) in [5.41, 5.74) is 2.70. The Morgan fingerprint density at radius 3 is 2.43 bits per heavy atom. The monoisotopic (exact) mass is 587 g/mol. The van der Waals surface area contributed by atoms with E-state index in [0.29, 0.717) is 18.4 Å². The van der Waals surface area contributed by atoms with Gasteiger partial charge in [-0.25, -0.2) is 9.59 Å². The average Bonchev–Trinajstić information content (AvgIpc) is 3.51. The first kappa shape index (κ1) is 29.5. The molecule has 2 aliphatic carbocycles. The molecule has 3 aliphatic rings. The number of amides is 1. The fourth-order valence-electron chi connectivity index (χ4n) is 5.33. The van der Waals surface area contributed by atoms with Gasteiger partial charge in [0.05, 0.1) is 12.2 Å². The van der Waals surface area contributed by atoms with Gasteiger partial charge in [0.25, 0.3) is 0 Å². The summed E-state index contributed by atoms with van der Waals surface area (Å²) in [6.07, 6.45) is -2.44.